The van der Waals surface area contributed by atoms with Crippen LogP contribution in [0.1, 0.15) is 42.1 Å². The smallest absolute Gasteiger partial charge is 0.0268 e. The van der Waals surface area contributed by atoms with Crippen LogP contribution in [0.3, 0.4) is 0 Å². The third kappa shape index (κ3) is 2.10. The first-order valence-electron chi connectivity index (χ1n) is 4.91. The van der Waals surface area contributed by atoms with Crippen LogP contribution in [0.15, 0.2) is 12.1 Å². The third-order valence-electron chi connectivity index (χ3n) is 2.67. The van der Waals surface area contributed by atoms with E-state index in [0.717, 1.165) is 6.42 Å². The summed E-state index contributed by atoms with van der Waals surface area (Å²) in [6.45, 7) is 8.52. The zero-order valence-electron chi connectivity index (χ0n) is 9.02. The Hall–Kier alpha value is -0.820. The van der Waals surface area contributed by atoms with Gasteiger partial charge in [-0.15, -0.1) is 0 Å². The summed E-state index contributed by atoms with van der Waals surface area (Å²) in [7, 11) is 0. The molecular weight excluding hydrogens is 158 g/mol. The van der Waals surface area contributed by atoms with Crippen molar-refractivity contribution in [3.63, 3.8) is 0 Å². The molecule has 0 aliphatic heterocycles. The van der Waals surface area contributed by atoms with Crippen LogP contribution >= 0.6 is 0 Å². The topological polar surface area (TPSA) is 26.0 Å². The number of rotatable bonds is 2. The second kappa shape index (κ2) is 3.93. The average Bonchev–Trinajstić information content (AvgIpc) is 2.09. The Morgan fingerprint density at radius 1 is 1.31 bits per heavy atom. The molecule has 1 rings (SSSR count). The molecule has 0 aliphatic carbocycles. The second-order valence-corrected chi connectivity index (χ2v) is 3.77. The standard InChI is InChI=1S/C12H19N/c1-5-11-6-8(2)9(3)12(7-11)10(4)13/h6-7,10H,5,13H2,1-4H3. The molecule has 1 unspecified atom stereocenters. The zero-order chi connectivity index (χ0) is 10.0. The molecule has 0 heterocycles. The fourth-order valence-corrected chi connectivity index (χ4v) is 1.64. The zero-order valence-corrected chi connectivity index (χ0v) is 9.02. The normalized spacial score (nSPS) is 13.0. The van der Waals surface area contributed by atoms with Gasteiger partial charge in [-0.3, -0.25) is 0 Å². The Morgan fingerprint density at radius 3 is 2.38 bits per heavy atom. The van der Waals surface area contributed by atoms with Gasteiger partial charge in [-0.25, -0.2) is 0 Å². The second-order valence-electron chi connectivity index (χ2n) is 3.77. The summed E-state index contributed by atoms with van der Waals surface area (Å²) < 4.78 is 0. The van der Waals surface area contributed by atoms with Gasteiger partial charge < -0.3 is 5.73 Å². The van der Waals surface area contributed by atoms with Gasteiger partial charge in [-0.05, 0) is 49.4 Å². The molecule has 2 N–H and O–H groups in total. The molecule has 0 saturated carbocycles. The van der Waals surface area contributed by atoms with Crippen LogP contribution in [-0.2, 0) is 6.42 Å². The first kappa shape index (κ1) is 10.3. The number of hydrogen-bond acceptors (Lipinski definition) is 1. The van der Waals surface area contributed by atoms with Crippen molar-refractivity contribution in [3.8, 4) is 0 Å². The Morgan fingerprint density at radius 2 is 1.92 bits per heavy atom. The van der Waals surface area contributed by atoms with Gasteiger partial charge in [0, 0.05) is 6.04 Å². The largest absolute Gasteiger partial charge is 0.324 e. The molecule has 72 valence electrons. The molecule has 0 aliphatic rings. The minimum absolute atomic E-state index is 0.144. The Balaban J connectivity index is 3.25. The molecule has 0 amide bonds. The van der Waals surface area contributed by atoms with Crippen molar-refractivity contribution in [2.75, 3.05) is 0 Å². The maximum atomic E-state index is 5.91. The molecule has 0 spiro atoms. The first-order valence-corrected chi connectivity index (χ1v) is 4.91. The number of hydrogen-bond donors (Lipinski definition) is 1. The van der Waals surface area contributed by atoms with Crippen molar-refractivity contribution >= 4 is 0 Å². The summed E-state index contributed by atoms with van der Waals surface area (Å²) in [5.74, 6) is 0. The van der Waals surface area contributed by atoms with E-state index in [9.17, 15) is 0 Å². The lowest BCUT2D eigenvalue weighted by Gasteiger charge is -2.14. The van der Waals surface area contributed by atoms with Gasteiger partial charge in [0.25, 0.3) is 0 Å². The summed E-state index contributed by atoms with van der Waals surface area (Å²) in [5, 5.41) is 0. The Kier molecular flexibility index (Phi) is 3.10. The highest BCUT2D eigenvalue weighted by atomic mass is 14.6. The SMILES string of the molecule is CCc1cc(C)c(C)c(C(C)N)c1. The summed E-state index contributed by atoms with van der Waals surface area (Å²) in [5.41, 5.74) is 11.3. The monoisotopic (exact) mass is 177 g/mol. The summed E-state index contributed by atoms with van der Waals surface area (Å²) >= 11 is 0. The maximum absolute atomic E-state index is 5.91. The maximum Gasteiger partial charge on any atom is 0.0268 e. The van der Waals surface area contributed by atoms with Crippen molar-refractivity contribution in [3.05, 3.63) is 34.4 Å². The number of nitrogens with two attached hydrogens (primary N) is 1. The molecule has 0 aromatic heterocycles. The van der Waals surface area contributed by atoms with Gasteiger partial charge in [0.2, 0.25) is 0 Å². The van der Waals surface area contributed by atoms with Crippen LogP contribution < -0.4 is 5.73 Å². The van der Waals surface area contributed by atoms with Crippen molar-refractivity contribution in [1.29, 1.82) is 0 Å². The van der Waals surface area contributed by atoms with Gasteiger partial charge in [-0.2, -0.15) is 0 Å². The van der Waals surface area contributed by atoms with Crippen molar-refractivity contribution < 1.29 is 0 Å². The molecular formula is C12H19N. The summed E-state index contributed by atoms with van der Waals surface area (Å²) in [6.07, 6.45) is 1.08. The lowest BCUT2D eigenvalue weighted by Crippen LogP contribution is -2.08. The molecule has 1 heteroatoms. The number of benzene rings is 1. The van der Waals surface area contributed by atoms with Crippen LogP contribution in [-0.4, -0.2) is 0 Å². The van der Waals surface area contributed by atoms with Crippen LogP contribution in [0.2, 0.25) is 0 Å². The van der Waals surface area contributed by atoms with Crippen LogP contribution in [0.25, 0.3) is 0 Å². The highest BCUT2D eigenvalue weighted by Gasteiger charge is 2.06. The minimum Gasteiger partial charge on any atom is -0.324 e. The van der Waals surface area contributed by atoms with E-state index in [4.69, 9.17) is 5.73 Å². The molecule has 1 aromatic rings. The van der Waals surface area contributed by atoms with Crippen LogP contribution in [0.5, 0.6) is 0 Å². The van der Waals surface area contributed by atoms with Gasteiger partial charge in [0.05, 0.1) is 0 Å². The quantitative estimate of drug-likeness (QED) is 0.738. The van der Waals surface area contributed by atoms with Gasteiger partial charge in [0.1, 0.15) is 0 Å². The third-order valence-corrected chi connectivity index (χ3v) is 2.67. The average molecular weight is 177 g/mol. The van der Waals surface area contributed by atoms with Crippen LogP contribution in [0, 0.1) is 13.8 Å². The van der Waals surface area contributed by atoms with Gasteiger partial charge in [0.15, 0.2) is 0 Å². The van der Waals surface area contributed by atoms with E-state index in [1.54, 1.807) is 0 Å². The van der Waals surface area contributed by atoms with Crippen molar-refractivity contribution in [2.45, 2.75) is 40.2 Å². The van der Waals surface area contributed by atoms with Crippen molar-refractivity contribution in [1.82, 2.24) is 0 Å². The van der Waals surface area contributed by atoms with E-state index in [1.165, 1.54) is 22.3 Å². The molecule has 0 bridgehead atoms. The highest BCUT2D eigenvalue weighted by Crippen LogP contribution is 2.21. The minimum atomic E-state index is 0.144. The molecule has 1 nitrogen and oxygen atoms in total. The van der Waals surface area contributed by atoms with E-state index < -0.39 is 0 Å². The van der Waals surface area contributed by atoms with E-state index in [2.05, 4.69) is 32.9 Å². The molecule has 13 heavy (non-hydrogen) atoms. The van der Waals surface area contributed by atoms with Gasteiger partial charge >= 0.3 is 0 Å². The summed E-state index contributed by atoms with van der Waals surface area (Å²) in [6, 6.07) is 4.62. The number of aryl methyl sites for hydroxylation is 2. The highest BCUT2D eigenvalue weighted by molar-refractivity contribution is 5.39. The Labute approximate surface area is 81.0 Å². The van der Waals surface area contributed by atoms with E-state index in [1.807, 2.05) is 6.92 Å². The molecule has 1 atom stereocenters. The fraction of sp³-hybridized carbons (Fsp3) is 0.500. The first-order chi connectivity index (χ1) is 6.06. The Bertz CT molecular complexity index is 300. The lowest BCUT2D eigenvalue weighted by atomic mass is 9.95. The van der Waals surface area contributed by atoms with E-state index >= 15 is 0 Å². The molecule has 0 radical (unpaired) electrons. The fourth-order valence-electron chi connectivity index (χ4n) is 1.64. The van der Waals surface area contributed by atoms with E-state index in [-0.39, 0.29) is 6.04 Å². The van der Waals surface area contributed by atoms with E-state index in [0.29, 0.717) is 0 Å². The van der Waals surface area contributed by atoms with Gasteiger partial charge in [-0.1, -0.05) is 19.1 Å². The molecule has 0 fully saturated rings. The predicted octanol–water partition coefficient (Wildman–Crippen LogP) is 2.89. The molecule has 0 saturated heterocycles. The molecule has 1 aromatic carbocycles. The summed E-state index contributed by atoms with van der Waals surface area (Å²) in [4.78, 5) is 0. The predicted molar refractivity (Wildman–Crippen MR) is 57.9 cm³/mol. The lowest BCUT2D eigenvalue weighted by molar-refractivity contribution is 0.804. The van der Waals surface area contributed by atoms with Crippen LogP contribution in [0.4, 0.5) is 0 Å². The van der Waals surface area contributed by atoms with Crippen molar-refractivity contribution in [2.24, 2.45) is 5.73 Å².